The molecule has 0 saturated carbocycles. The molecule has 2 aromatic carbocycles. The largest absolute Gasteiger partial charge is 0.398 e. The van der Waals surface area contributed by atoms with Crippen molar-refractivity contribution >= 4 is 22.1 Å². The number of aromatic nitrogens is 1. The van der Waals surface area contributed by atoms with Gasteiger partial charge in [-0.3, -0.25) is 4.98 Å². The lowest BCUT2D eigenvalue weighted by molar-refractivity contribution is 0.507. The highest BCUT2D eigenvalue weighted by atomic mass is 19.2. The van der Waals surface area contributed by atoms with E-state index < -0.39 is 11.6 Å². The molecule has 0 saturated heterocycles. The van der Waals surface area contributed by atoms with Gasteiger partial charge in [-0.1, -0.05) is 6.07 Å². The number of benzene rings is 2. The van der Waals surface area contributed by atoms with Crippen LogP contribution in [0.25, 0.3) is 10.8 Å². The maximum absolute atomic E-state index is 13.2. The third kappa shape index (κ3) is 2.63. The van der Waals surface area contributed by atoms with Crippen LogP contribution in [0.2, 0.25) is 0 Å². The number of anilines is 2. The molecule has 3 rings (SSSR count). The van der Waals surface area contributed by atoms with Gasteiger partial charge in [-0.25, -0.2) is 8.78 Å². The Kier molecular flexibility index (Phi) is 3.39. The lowest BCUT2D eigenvalue weighted by Crippen LogP contribution is -2.02. The first-order valence-electron chi connectivity index (χ1n) is 6.45. The smallest absolute Gasteiger partial charge is 0.159 e. The predicted octanol–water partition coefficient (Wildman–Crippen LogP) is 3.71. The summed E-state index contributed by atoms with van der Waals surface area (Å²) in [5.74, 6) is -1.69. The molecule has 21 heavy (non-hydrogen) atoms. The first kappa shape index (κ1) is 13.3. The number of rotatable bonds is 3. The van der Waals surface area contributed by atoms with E-state index in [1.807, 2.05) is 12.1 Å². The minimum atomic E-state index is -0.847. The van der Waals surface area contributed by atoms with E-state index in [0.29, 0.717) is 17.8 Å². The molecule has 0 unspecified atom stereocenters. The number of fused-ring (bicyclic) bond motifs is 1. The van der Waals surface area contributed by atoms with Crippen LogP contribution in [0.3, 0.4) is 0 Å². The van der Waals surface area contributed by atoms with E-state index in [9.17, 15) is 8.78 Å². The third-order valence-corrected chi connectivity index (χ3v) is 3.32. The van der Waals surface area contributed by atoms with Gasteiger partial charge in [0, 0.05) is 41.1 Å². The highest BCUT2D eigenvalue weighted by molar-refractivity contribution is 6.00. The average Bonchev–Trinajstić information content (AvgIpc) is 2.50. The van der Waals surface area contributed by atoms with Crippen LogP contribution >= 0.6 is 0 Å². The van der Waals surface area contributed by atoms with Gasteiger partial charge in [0.2, 0.25) is 0 Å². The van der Waals surface area contributed by atoms with Crippen LogP contribution in [-0.2, 0) is 6.54 Å². The van der Waals surface area contributed by atoms with E-state index in [1.54, 1.807) is 24.5 Å². The number of nitrogens with zero attached hydrogens (tertiary/aromatic N) is 1. The fourth-order valence-corrected chi connectivity index (χ4v) is 2.21. The van der Waals surface area contributed by atoms with Crippen LogP contribution in [0.4, 0.5) is 20.2 Å². The van der Waals surface area contributed by atoms with E-state index in [-0.39, 0.29) is 0 Å². The second kappa shape index (κ2) is 5.36. The van der Waals surface area contributed by atoms with Crippen molar-refractivity contribution in [3.05, 3.63) is 66.0 Å². The van der Waals surface area contributed by atoms with Crippen LogP contribution in [0, 0.1) is 11.6 Å². The highest BCUT2D eigenvalue weighted by Gasteiger charge is 2.05. The van der Waals surface area contributed by atoms with Gasteiger partial charge in [0.15, 0.2) is 11.6 Å². The normalized spacial score (nSPS) is 10.8. The second-order valence-electron chi connectivity index (χ2n) is 4.73. The standard InChI is InChI=1S/C16H13F2N3/c17-13-2-1-10(7-14(13)18)8-21-16-4-3-15(19)12-9-20-6-5-11(12)16/h1-7,9,21H,8,19H2. The molecule has 3 N–H and O–H groups in total. The van der Waals surface area contributed by atoms with E-state index in [1.165, 1.54) is 6.07 Å². The molecule has 1 aromatic heterocycles. The van der Waals surface area contributed by atoms with E-state index >= 15 is 0 Å². The molecular formula is C16H13F2N3. The number of pyridine rings is 1. The summed E-state index contributed by atoms with van der Waals surface area (Å²) in [6.45, 7) is 0.387. The van der Waals surface area contributed by atoms with Gasteiger partial charge in [0.25, 0.3) is 0 Å². The monoisotopic (exact) mass is 285 g/mol. The molecule has 0 spiro atoms. The lowest BCUT2D eigenvalue weighted by Gasteiger charge is -2.11. The molecule has 1 heterocycles. The van der Waals surface area contributed by atoms with Crippen LogP contribution in [-0.4, -0.2) is 4.98 Å². The molecule has 0 aliphatic carbocycles. The zero-order valence-electron chi connectivity index (χ0n) is 11.1. The van der Waals surface area contributed by atoms with Crippen molar-refractivity contribution in [3.8, 4) is 0 Å². The molecule has 106 valence electrons. The summed E-state index contributed by atoms with van der Waals surface area (Å²) in [5, 5.41) is 5.00. The van der Waals surface area contributed by atoms with E-state index in [4.69, 9.17) is 5.73 Å². The zero-order chi connectivity index (χ0) is 14.8. The number of nitrogens with one attached hydrogen (secondary N) is 1. The number of nitrogens with two attached hydrogens (primary N) is 1. The quantitative estimate of drug-likeness (QED) is 0.721. The van der Waals surface area contributed by atoms with Crippen molar-refractivity contribution in [2.45, 2.75) is 6.54 Å². The van der Waals surface area contributed by atoms with Crippen molar-refractivity contribution in [1.29, 1.82) is 0 Å². The molecule has 0 bridgehead atoms. The Morgan fingerprint density at radius 1 is 1.00 bits per heavy atom. The predicted molar refractivity (Wildman–Crippen MR) is 79.8 cm³/mol. The Hall–Kier alpha value is -2.69. The van der Waals surface area contributed by atoms with Crippen LogP contribution < -0.4 is 11.1 Å². The van der Waals surface area contributed by atoms with Gasteiger partial charge < -0.3 is 11.1 Å². The number of hydrogen-bond donors (Lipinski definition) is 2. The highest BCUT2D eigenvalue weighted by Crippen LogP contribution is 2.27. The lowest BCUT2D eigenvalue weighted by atomic mass is 10.1. The summed E-state index contributed by atoms with van der Waals surface area (Å²) < 4.78 is 26.1. The third-order valence-electron chi connectivity index (χ3n) is 3.32. The first-order valence-corrected chi connectivity index (χ1v) is 6.45. The van der Waals surface area contributed by atoms with Gasteiger partial charge in [-0.2, -0.15) is 0 Å². The van der Waals surface area contributed by atoms with Crippen LogP contribution in [0.5, 0.6) is 0 Å². The van der Waals surface area contributed by atoms with E-state index in [2.05, 4.69) is 10.3 Å². The van der Waals surface area contributed by atoms with Gasteiger partial charge >= 0.3 is 0 Å². The molecule has 0 amide bonds. The first-order chi connectivity index (χ1) is 10.1. The van der Waals surface area contributed by atoms with Crippen molar-refractivity contribution in [3.63, 3.8) is 0 Å². The molecule has 0 aliphatic rings. The average molecular weight is 285 g/mol. The van der Waals surface area contributed by atoms with Gasteiger partial charge in [-0.05, 0) is 35.9 Å². The summed E-state index contributed by atoms with van der Waals surface area (Å²) in [6, 6.07) is 9.36. The van der Waals surface area contributed by atoms with Gasteiger partial charge in [0.05, 0.1) is 0 Å². The number of nitrogen functional groups attached to an aromatic ring is 1. The van der Waals surface area contributed by atoms with E-state index in [0.717, 1.165) is 22.5 Å². The second-order valence-corrected chi connectivity index (χ2v) is 4.73. The molecule has 0 aliphatic heterocycles. The summed E-state index contributed by atoms with van der Waals surface area (Å²) in [4.78, 5) is 4.06. The topological polar surface area (TPSA) is 50.9 Å². The Morgan fingerprint density at radius 2 is 1.86 bits per heavy atom. The fraction of sp³-hybridized carbons (Fsp3) is 0.0625. The molecular weight excluding hydrogens is 272 g/mol. The van der Waals surface area contributed by atoms with Gasteiger partial charge in [0.1, 0.15) is 0 Å². The maximum Gasteiger partial charge on any atom is 0.159 e. The minimum absolute atomic E-state index is 0.387. The van der Waals surface area contributed by atoms with Crippen molar-refractivity contribution in [2.24, 2.45) is 0 Å². The van der Waals surface area contributed by atoms with Crippen molar-refractivity contribution in [1.82, 2.24) is 4.98 Å². The Balaban J connectivity index is 1.88. The molecule has 0 fully saturated rings. The SMILES string of the molecule is Nc1ccc(NCc2ccc(F)c(F)c2)c2ccncc12. The van der Waals surface area contributed by atoms with Gasteiger partial charge in [-0.15, -0.1) is 0 Å². The molecule has 0 atom stereocenters. The summed E-state index contributed by atoms with van der Waals surface area (Å²) >= 11 is 0. The number of halogens is 2. The van der Waals surface area contributed by atoms with Crippen molar-refractivity contribution < 1.29 is 8.78 Å². The molecule has 0 radical (unpaired) electrons. The van der Waals surface area contributed by atoms with Crippen molar-refractivity contribution in [2.75, 3.05) is 11.1 Å². The van der Waals surface area contributed by atoms with Crippen LogP contribution in [0.15, 0.2) is 48.8 Å². The Bertz CT molecular complexity index is 803. The molecule has 5 heteroatoms. The minimum Gasteiger partial charge on any atom is -0.398 e. The molecule has 3 nitrogen and oxygen atoms in total. The summed E-state index contributed by atoms with van der Waals surface area (Å²) in [6.07, 6.45) is 3.39. The zero-order valence-corrected chi connectivity index (χ0v) is 11.1. The Labute approximate surface area is 120 Å². The maximum atomic E-state index is 13.2. The summed E-state index contributed by atoms with van der Waals surface area (Å²) in [5.41, 5.74) is 8.09. The molecule has 3 aromatic rings. The number of hydrogen-bond acceptors (Lipinski definition) is 3. The fourth-order valence-electron chi connectivity index (χ4n) is 2.21. The summed E-state index contributed by atoms with van der Waals surface area (Å²) in [7, 11) is 0. The van der Waals surface area contributed by atoms with Crippen LogP contribution in [0.1, 0.15) is 5.56 Å². The Morgan fingerprint density at radius 3 is 2.67 bits per heavy atom.